The topological polar surface area (TPSA) is 104 Å². The first-order valence-corrected chi connectivity index (χ1v) is 12.2. The lowest BCUT2D eigenvalue weighted by molar-refractivity contribution is -0.134. The van der Waals surface area contributed by atoms with Gasteiger partial charge in [0.15, 0.2) is 0 Å². The van der Waals surface area contributed by atoms with Crippen molar-refractivity contribution in [3.8, 4) is 5.75 Å². The molecule has 8 nitrogen and oxygen atoms in total. The molecule has 0 amide bonds. The summed E-state index contributed by atoms with van der Waals surface area (Å²) in [4.78, 5) is 23.5. The van der Waals surface area contributed by atoms with E-state index in [9.17, 15) is 14.7 Å². The summed E-state index contributed by atoms with van der Waals surface area (Å²) in [6.07, 6.45) is 2.32. The van der Waals surface area contributed by atoms with E-state index in [4.69, 9.17) is 18.6 Å². The minimum Gasteiger partial charge on any atom is -0.496 e. The van der Waals surface area contributed by atoms with Crippen LogP contribution in [-0.2, 0) is 32.2 Å². The molecule has 152 valence electrons. The first-order chi connectivity index (χ1) is 12.7. The average Bonchev–Trinajstić information content (AvgIpc) is 2.61. The van der Waals surface area contributed by atoms with Crippen molar-refractivity contribution >= 4 is 20.1 Å². The smallest absolute Gasteiger partial charge is 0.345 e. The van der Waals surface area contributed by atoms with Crippen molar-refractivity contribution in [2.45, 2.75) is 38.9 Å². The van der Waals surface area contributed by atoms with Crippen LogP contribution in [0, 0.1) is 0 Å². The third-order valence-corrected chi connectivity index (χ3v) is 5.34. The van der Waals surface area contributed by atoms with Crippen LogP contribution in [0.15, 0.2) is 15.3 Å². The number of hydrogen-bond donors (Lipinski definition) is 1. The zero-order valence-corrected chi connectivity index (χ0v) is 17.5. The van der Waals surface area contributed by atoms with Gasteiger partial charge in [0.25, 0.3) is 0 Å². The van der Waals surface area contributed by atoms with E-state index in [-0.39, 0.29) is 36.0 Å². The lowest BCUT2D eigenvalue weighted by atomic mass is 10.1. The van der Waals surface area contributed by atoms with Crippen LogP contribution in [0.3, 0.4) is 0 Å². The maximum absolute atomic E-state index is 12.3. The lowest BCUT2D eigenvalue weighted by Crippen LogP contribution is -2.22. The molecule has 0 aliphatic rings. The Bertz CT molecular complexity index is 703. The number of hydrogen-bond acceptors (Lipinski definition) is 8. The van der Waals surface area contributed by atoms with Crippen LogP contribution in [0.5, 0.6) is 5.75 Å². The van der Waals surface area contributed by atoms with E-state index >= 15 is 0 Å². The molecular formula is C18H28O8Si. The van der Waals surface area contributed by atoms with Crippen LogP contribution in [0.4, 0.5) is 0 Å². The molecule has 9 heteroatoms. The van der Waals surface area contributed by atoms with E-state index < -0.39 is 26.3 Å². The van der Waals surface area contributed by atoms with Gasteiger partial charge in [-0.2, -0.15) is 0 Å². The number of ether oxygens (including phenoxy) is 4. The van der Waals surface area contributed by atoms with Gasteiger partial charge in [0, 0.05) is 20.8 Å². The Morgan fingerprint density at radius 3 is 2.44 bits per heavy atom. The molecule has 27 heavy (non-hydrogen) atoms. The fraction of sp³-hybridized carbons (Fsp3) is 0.556. The van der Waals surface area contributed by atoms with Gasteiger partial charge in [-0.05, 0) is 12.1 Å². The van der Waals surface area contributed by atoms with E-state index in [0.717, 1.165) is 12.1 Å². The normalized spacial score (nSPS) is 11.8. The first kappa shape index (κ1) is 23.1. The molecule has 0 bridgehead atoms. The molecule has 0 atom stereocenters. The van der Waals surface area contributed by atoms with Crippen molar-refractivity contribution in [3.63, 3.8) is 0 Å². The molecule has 0 radical (unpaired) electrons. The summed E-state index contributed by atoms with van der Waals surface area (Å²) in [6, 6.07) is 1.01. The summed E-state index contributed by atoms with van der Waals surface area (Å²) in [5.41, 5.74) is -0.322. The van der Waals surface area contributed by atoms with Crippen molar-refractivity contribution < 1.29 is 33.3 Å². The summed E-state index contributed by atoms with van der Waals surface area (Å²) >= 11 is 0. The van der Waals surface area contributed by atoms with E-state index in [1.807, 2.05) is 0 Å². The largest absolute Gasteiger partial charge is 0.496 e. The van der Waals surface area contributed by atoms with Gasteiger partial charge >= 0.3 is 11.6 Å². The Kier molecular flexibility index (Phi) is 9.43. The second-order valence-corrected chi connectivity index (χ2v) is 12.6. The molecule has 0 saturated carbocycles. The molecule has 1 aromatic heterocycles. The van der Waals surface area contributed by atoms with Crippen LogP contribution < -0.4 is 10.4 Å². The molecule has 1 aromatic rings. The molecule has 0 saturated heterocycles. The van der Waals surface area contributed by atoms with Crippen molar-refractivity contribution in [2.75, 3.05) is 27.6 Å². The Morgan fingerprint density at radius 2 is 1.89 bits per heavy atom. The molecular weight excluding hydrogens is 372 g/mol. The van der Waals surface area contributed by atoms with Crippen LogP contribution >= 0.6 is 0 Å². The maximum atomic E-state index is 12.3. The molecule has 0 spiro atoms. The highest BCUT2D eigenvalue weighted by molar-refractivity contribution is 6.76. The predicted molar refractivity (Wildman–Crippen MR) is 102 cm³/mol. The molecule has 1 N–H and O–H groups in total. The highest BCUT2D eigenvalue weighted by Crippen LogP contribution is 2.26. The highest BCUT2D eigenvalue weighted by Gasteiger charge is 2.19. The molecule has 0 aliphatic carbocycles. The van der Waals surface area contributed by atoms with Crippen molar-refractivity contribution in [2.24, 2.45) is 0 Å². The maximum Gasteiger partial charge on any atom is 0.345 e. The standard InChI is InChI=1S/C18H28O8Si/c1-22-16(20)7-6-15-13(10-19)17(23-2)14(18(21)26-15)11-25-12-24-8-9-27(3,4)5/h6-7,19H,8-12H2,1-5H3/b7-6+. The van der Waals surface area contributed by atoms with Gasteiger partial charge in [-0.1, -0.05) is 19.6 Å². The number of rotatable bonds is 11. The van der Waals surface area contributed by atoms with Gasteiger partial charge in [0.2, 0.25) is 0 Å². The van der Waals surface area contributed by atoms with Gasteiger partial charge in [0.1, 0.15) is 23.9 Å². The van der Waals surface area contributed by atoms with Gasteiger partial charge in [-0.3, -0.25) is 0 Å². The summed E-state index contributed by atoms with van der Waals surface area (Å²) in [5.74, 6) is -0.455. The van der Waals surface area contributed by atoms with E-state index in [1.54, 1.807) is 0 Å². The fourth-order valence-electron chi connectivity index (χ4n) is 2.12. The van der Waals surface area contributed by atoms with Crippen LogP contribution in [-0.4, -0.2) is 46.8 Å². The number of aliphatic hydroxyl groups excluding tert-OH is 1. The van der Waals surface area contributed by atoms with Gasteiger partial charge in [0.05, 0.1) is 33.0 Å². The molecule has 0 fully saturated rings. The Labute approximate surface area is 159 Å². The predicted octanol–water partition coefficient (Wildman–Crippen LogP) is 2.16. The minimum absolute atomic E-state index is 0.0138. The highest BCUT2D eigenvalue weighted by atomic mass is 28.3. The number of carbonyl (C=O) groups excluding carboxylic acids is 1. The second kappa shape index (κ2) is 11.0. The SMILES string of the molecule is COC(=O)/C=C/c1oc(=O)c(COCOCC[Si](C)(C)C)c(OC)c1CO. The van der Waals surface area contributed by atoms with Crippen molar-refractivity contribution in [3.05, 3.63) is 33.4 Å². The fourth-order valence-corrected chi connectivity index (χ4v) is 2.87. The van der Waals surface area contributed by atoms with E-state index in [2.05, 4.69) is 24.4 Å². The minimum atomic E-state index is -1.18. The molecule has 1 rings (SSSR count). The molecule has 0 unspecified atom stereocenters. The number of methoxy groups -OCH3 is 2. The van der Waals surface area contributed by atoms with Crippen molar-refractivity contribution in [1.82, 2.24) is 0 Å². The van der Waals surface area contributed by atoms with Crippen molar-refractivity contribution in [1.29, 1.82) is 0 Å². The average molecular weight is 401 g/mol. The number of carbonyl (C=O) groups is 1. The Balaban J connectivity index is 2.87. The molecule has 0 aromatic carbocycles. The van der Waals surface area contributed by atoms with E-state index in [0.29, 0.717) is 6.61 Å². The van der Waals surface area contributed by atoms with Crippen LogP contribution in [0.1, 0.15) is 16.9 Å². The number of aliphatic hydroxyl groups is 1. The van der Waals surface area contributed by atoms with E-state index in [1.165, 1.54) is 20.3 Å². The first-order valence-electron chi connectivity index (χ1n) is 8.48. The monoisotopic (exact) mass is 400 g/mol. The van der Waals surface area contributed by atoms with Gasteiger partial charge in [-0.25, -0.2) is 9.59 Å². The summed E-state index contributed by atoms with van der Waals surface area (Å²) in [6.45, 7) is 6.84. The Hall–Kier alpha value is -1.94. The Morgan fingerprint density at radius 1 is 1.19 bits per heavy atom. The third-order valence-electron chi connectivity index (χ3n) is 3.64. The molecule has 1 heterocycles. The quantitative estimate of drug-likeness (QED) is 0.198. The third kappa shape index (κ3) is 7.67. The summed E-state index contributed by atoms with van der Waals surface area (Å²) in [7, 11) is 1.42. The zero-order valence-electron chi connectivity index (χ0n) is 16.5. The van der Waals surface area contributed by atoms with Gasteiger partial charge in [-0.15, -0.1) is 0 Å². The molecule has 0 aliphatic heterocycles. The summed E-state index contributed by atoms with van der Waals surface area (Å²) < 4.78 is 25.8. The van der Waals surface area contributed by atoms with Crippen LogP contribution in [0.25, 0.3) is 6.08 Å². The van der Waals surface area contributed by atoms with Crippen LogP contribution in [0.2, 0.25) is 25.7 Å². The zero-order chi connectivity index (χ0) is 20.4. The lowest BCUT2D eigenvalue weighted by Gasteiger charge is -2.16. The summed E-state index contributed by atoms with van der Waals surface area (Å²) in [5, 5.41) is 9.63. The second-order valence-electron chi connectivity index (χ2n) is 6.94. The van der Waals surface area contributed by atoms with Gasteiger partial charge < -0.3 is 28.5 Å². The number of esters is 1.